The van der Waals surface area contributed by atoms with E-state index in [0.29, 0.717) is 5.82 Å². The first kappa shape index (κ1) is 13.2. The fourth-order valence-corrected chi connectivity index (χ4v) is 2.60. The Bertz CT molecular complexity index is 618. The summed E-state index contributed by atoms with van der Waals surface area (Å²) in [5, 5.41) is 3.25. The summed E-state index contributed by atoms with van der Waals surface area (Å²) >= 11 is 0. The predicted octanol–water partition coefficient (Wildman–Crippen LogP) is 2.89. The fraction of sp³-hybridized carbons (Fsp3) is 0.357. The summed E-state index contributed by atoms with van der Waals surface area (Å²) in [5.41, 5.74) is -0.00701. The zero-order valence-electron chi connectivity index (χ0n) is 10.7. The van der Waals surface area contributed by atoms with Gasteiger partial charge in [0.05, 0.1) is 5.56 Å². The molecule has 20 heavy (non-hydrogen) atoms. The molecular formula is C14H14F3N3. The molecule has 2 aromatic rings. The Balaban J connectivity index is 2.03. The third-order valence-corrected chi connectivity index (χ3v) is 3.65. The van der Waals surface area contributed by atoms with Crippen molar-refractivity contribution < 1.29 is 13.2 Å². The van der Waals surface area contributed by atoms with Crippen LogP contribution in [0.2, 0.25) is 0 Å². The lowest BCUT2D eigenvalue weighted by Gasteiger charge is -2.25. The van der Waals surface area contributed by atoms with E-state index in [1.165, 1.54) is 6.07 Å². The maximum atomic E-state index is 13.9. The van der Waals surface area contributed by atoms with Gasteiger partial charge in [-0.3, -0.25) is 0 Å². The monoisotopic (exact) mass is 281 g/mol. The van der Waals surface area contributed by atoms with Gasteiger partial charge in [0.1, 0.15) is 5.82 Å². The molecule has 3 nitrogen and oxygen atoms in total. The third-order valence-electron chi connectivity index (χ3n) is 3.65. The minimum atomic E-state index is -1.46. The highest BCUT2D eigenvalue weighted by Gasteiger charge is 2.22. The average Bonchev–Trinajstić information content (AvgIpc) is 2.95. The summed E-state index contributed by atoms with van der Waals surface area (Å²) in [6.45, 7) is 1.76. The summed E-state index contributed by atoms with van der Waals surface area (Å²) in [4.78, 5) is 4.11. The molecule has 0 radical (unpaired) electrons. The van der Waals surface area contributed by atoms with E-state index in [9.17, 15) is 13.2 Å². The second-order valence-electron chi connectivity index (χ2n) is 4.86. The van der Waals surface area contributed by atoms with Crippen molar-refractivity contribution in [3.05, 3.63) is 42.0 Å². The van der Waals surface area contributed by atoms with Gasteiger partial charge in [0, 0.05) is 18.4 Å². The molecule has 0 amide bonds. The molecule has 0 atom stereocenters. The normalized spacial score (nSPS) is 16.6. The number of piperidine rings is 1. The Labute approximate surface area is 114 Å². The molecule has 1 aromatic heterocycles. The second kappa shape index (κ2) is 5.28. The molecule has 1 saturated heterocycles. The van der Waals surface area contributed by atoms with Gasteiger partial charge >= 0.3 is 0 Å². The van der Waals surface area contributed by atoms with Gasteiger partial charge in [-0.05, 0) is 38.1 Å². The van der Waals surface area contributed by atoms with Crippen molar-refractivity contribution in [1.29, 1.82) is 0 Å². The van der Waals surface area contributed by atoms with Crippen LogP contribution in [0.4, 0.5) is 13.2 Å². The standard InChI is InChI=1S/C14H14F3N3/c15-11-2-1-10(12(16)13(11)17)14-19-7-8-20(14)9-3-5-18-6-4-9/h1-2,7-9,18H,3-6H2. The molecule has 0 spiro atoms. The molecule has 0 unspecified atom stereocenters. The van der Waals surface area contributed by atoms with Crippen LogP contribution in [-0.4, -0.2) is 22.6 Å². The predicted molar refractivity (Wildman–Crippen MR) is 68.7 cm³/mol. The highest BCUT2D eigenvalue weighted by atomic mass is 19.2. The van der Waals surface area contributed by atoms with Crippen LogP contribution in [0.25, 0.3) is 11.4 Å². The third kappa shape index (κ3) is 2.20. The minimum absolute atomic E-state index is 0.00701. The van der Waals surface area contributed by atoms with Crippen LogP contribution in [0.5, 0.6) is 0 Å². The zero-order valence-corrected chi connectivity index (χ0v) is 10.7. The molecule has 0 saturated carbocycles. The van der Waals surface area contributed by atoms with Crippen molar-refractivity contribution >= 4 is 0 Å². The number of imidazole rings is 1. The van der Waals surface area contributed by atoms with Crippen LogP contribution in [0.15, 0.2) is 24.5 Å². The van der Waals surface area contributed by atoms with Crippen molar-refractivity contribution in [3.8, 4) is 11.4 Å². The number of halogens is 3. The van der Waals surface area contributed by atoms with Gasteiger partial charge in [-0.1, -0.05) is 0 Å². The number of benzene rings is 1. The number of aromatic nitrogens is 2. The van der Waals surface area contributed by atoms with Crippen molar-refractivity contribution in [1.82, 2.24) is 14.9 Å². The zero-order chi connectivity index (χ0) is 14.1. The first-order valence-electron chi connectivity index (χ1n) is 6.56. The minimum Gasteiger partial charge on any atom is -0.328 e. The van der Waals surface area contributed by atoms with Crippen molar-refractivity contribution in [3.63, 3.8) is 0 Å². The van der Waals surface area contributed by atoms with Gasteiger partial charge in [-0.2, -0.15) is 0 Å². The van der Waals surface area contributed by atoms with Crippen LogP contribution in [0.3, 0.4) is 0 Å². The van der Waals surface area contributed by atoms with Gasteiger partial charge < -0.3 is 9.88 Å². The van der Waals surface area contributed by atoms with E-state index in [2.05, 4.69) is 10.3 Å². The van der Waals surface area contributed by atoms with Crippen molar-refractivity contribution in [2.24, 2.45) is 0 Å². The van der Waals surface area contributed by atoms with Crippen LogP contribution >= 0.6 is 0 Å². The summed E-state index contributed by atoms with van der Waals surface area (Å²) in [7, 11) is 0. The van der Waals surface area contributed by atoms with Gasteiger partial charge in [-0.25, -0.2) is 18.2 Å². The number of rotatable bonds is 2. The molecule has 3 rings (SSSR count). The Hall–Kier alpha value is -1.82. The van der Waals surface area contributed by atoms with Crippen LogP contribution in [0, 0.1) is 17.5 Å². The summed E-state index contributed by atoms with van der Waals surface area (Å²) in [6, 6.07) is 2.35. The Kier molecular flexibility index (Phi) is 3.48. The molecule has 0 bridgehead atoms. The van der Waals surface area contributed by atoms with Crippen molar-refractivity contribution in [2.75, 3.05) is 13.1 Å². The summed E-state index contributed by atoms with van der Waals surface area (Å²) in [5.74, 6) is -3.49. The number of hydrogen-bond donors (Lipinski definition) is 1. The Morgan fingerprint density at radius 1 is 1.10 bits per heavy atom. The SMILES string of the molecule is Fc1ccc(-c2nccn2C2CCNCC2)c(F)c1F. The van der Waals surface area contributed by atoms with Crippen molar-refractivity contribution in [2.45, 2.75) is 18.9 Å². The second-order valence-corrected chi connectivity index (χ2v) is 4.86. The largest absolute Gasteiger partial charge is 0.328 e. The first-order valence-corrected chi connectivity index (χ1v) is 6.56. The molecule has 2 heterocycles. The quantitative estimate of drug-likeness (QED) is 0.858. The maximum absolute atomic E-state index is 13.9. The van der Waals surface area contributed by atoms with E-state index < -0.39 is 17.5 Å². The van der Waals surface area contributed by atoms with E-state index in [1.807, 2.05) is 4.57 Å². The lowest BCUT2D eigenvalue weighted by molar-refractivity contribution is 0.370. The van der Waals surface area contributed by atoms with Crippen LogP contribution < -0.4 is 5.32 Å². The molecule has 1 aliphatic heterocycles. The van der Waals surface area contributed by atoms with Gasteiger partial charge in [-0.15, -0.1) is 0 Å². The number of hydrogen-bond acceptors (Lipinski definition) is 2. The lowest BCUT2D eigenvalue weighted by Crippen LogP contribution is -2.29. The smallest absolute Gasteiger partial charge is 0.195 e. The van der Waals surface area contributed by atoms with Gasteiger partial charge in [0.2, 0.25) is 0 Å². The Morgan fingerprint density at radius 2 is 1.85 bits per heavy atom. The van der Waals surface area contributed by atoms with Gasteiger partial charge in [0.15, 0.2) is 17.5 Å². The fourth-order valence-electron chi connectivity index (χ4n) is 2.60. The topological polar surface area (TPSA) is 29.9 Å². The lowest BCUT2D eigenvalue weighted by atomic mass is 10.1. The molecule has 1 N–H and O–H groups in total. The number of nitrogens with zero attached hydrogens (tertiary/aromatic N) is 2. The van der Waals surface area contributed by atoms with E-state index in [4.69, 9.17) is 0 Å². The molecule has 0 aliphatic carbocycles. The first-order chi connectivity index (χ1) is 9.68. The molecular weight excluding hydrogens is 267 g/mol. The van der Waals surface area contributed by atoms with Crippen LogP contribution in [0.1, 0.15) is 18.9 Å². The van der Waals surface area contributed by atoms with E-state index in [-0.39, 0.29) is 11.6 Å². The molecule has 106 valence electrons. The number of nitrogens with one attached hydrogen (secondary N) is 1. The highest BCUT2D eigenvalue weighted by Crippen LogP contribution is 2.29. The molecule has 1 fully saturated rings. The molecule has 1 aliphatic rings. The van der Waals surface area contributed by atoms with Gasteiger partial charge in [0.25, 0.3) is 0 Å². The summed E-state index contributed by atoms with van der Waals surface area (Å²) in [6.07, 6.45) is 5.10. The highest BCUT2D eigenvalue weighted by molar-refractivity contribution is 5.57. The van der Waals surface area contributed by atoms with Crippen LogP contribution in [-0.2, 0) is 0 Å². The van der Waals surface area contributed by atoms with E-state index in [0.717, 1.165) is 32.0 Å². The van der Waals surface area contributed by atoms with E-state index in [1.54, 1.807) is 12.4 Å². The summed E-state index contributed by atoms with van der Waals surface area (Å²) < 4.78 is 42.1. The van der Waals surface area contributed by atoms with E-state index >= 15 is 0 Å². The molecule has 6 heteroatoms. The Morgan fingerprint density at radius 3 is 2.60 bits per heavy atom. The average molecular weight is 281 g/mol. The maximum Gasteiger partial charge on any atom is 0.195 e. The molecule has 1 aromatic carbocycles.